The van der Waals surface area contributed by atoms with Crippen molar-refractivity contribution >= 4 is 11.9 Å². The molecule has 2 aliphatic carbocycles. The highest BCUT2D eigenvalue weighted by Crippen LogP contribution is 2.35. The van der Waals surface area contributed by atoms with Gasteiger partial charge in [-0.05, 0) is 38.5 Å². The Labute approximate surface area is 120 Å². The van der Waals surface area contributed by atoms with E-state index >= 15 is 0 Å². The van der Waals surface area contributed by atoms with Gasteiger partial charge in [0.1, 0.15) is 6.54 Å². The highest BCUT2D eigenvalue weighted by Gasteiger charge is 2.45. The summed E-state index contributed by atoms with van der Waals surface area (Å²) in [6.07, 6.45) is 5.50. The van der Waals surface area contributed by atoms with Crippen LogP contribution in [0.5, 0.6) is 0 Å². The van der Waals surface area contributed by atoms with Gasteiger partial charge in [-0.15, -0.1) is 0 Å². The normalized spacial score (nSPS) is 29.9. The molecule has 0 radical (unpaired) electrons. The molecule has 0 aromatic rings. The smallest absolute Gasteiger partial charge is 0.325 e. The first kappa shape index (κ1) is 15.3. The molecule has 0 aliphatic heterocycles. The van der Waals surface area contributed by atoms with Crippen molar-refractivity contribution < 1.29 is 14.3 Å². The molecule has 5 heteroatoms. The van der Waals surface area contributed by atoms with Crippen LogP contribution in [0.1, 0.15) is 52.4 Å². The van der Waals surface area contributed by atoms with Gasteiger partial charge in [0.2, 0.25) is 5.91 Å². The number of nitrogens with two attached hydrogens (primary N) is 1. The number of amides is 1. The van der Waals surface area contributed by atoms with Crippen LogP contribution in [0, 0.1) is 5.92 Å². The first-order valence-electron chi connectivity index (χ1n) is 7.72. The maximum Gasteiger partial charge on any atom is 0.325 e. The van der Waals surface area contributed by atoms with Crippen molar-refractivity contribution in [2.45, 2.75) is 64.0 Å². The van der Waals surface area contributed by atoms with Crippen molar-refractivity contribution in [3.8, 4) is 0 Å². The summed E-state index contributed by atoms with van der Waals surface area (Å²) >= 11 is 0. The highest BCUT2D eigenvalue weighted by molar-refractivity contribution is 5.89. The van der Waals surface area contributed by atoms with E-state index < -0.39 is 5.54 Å². The van der Waals surface area contributed by atoms with Crippen LogP contribution in [-0.4, -0.2) is 41.5 Å². The molecule has 0 saturated heterocycles. The second-order valence-electron chi connectivity index (χ2n) is 6.33. The van der Waals surface area contributed by atoms with Gasteiger partial charge < -0.3 is 15.4 Å². The fraction of sp³-hybridized carbons (Fsp3) is 0.867. The Morgan fingerprint density at radius 2 is 2.05 bits per heavy atom. The Morgan fingerprint density at radius 1 is 1.35 bits per heavy atom. The number of hydrogen-bond donors (Lipinski definition) is 1. The van der Waals surface area contributed by atoms with Gasteiger partial charge in [-0.1, -0.05) is 19.8 Å². The minimum atomic E-state index is -0.785. The molecule has 0 aromatic carbocycles. The van der Waals surface area contributed by atoms with Crippen LogP contribution in [0.2, 0.25) is 0 Å². The number of ether oxygens (including phenoxy) is 1. The number of nitrogens with zero attached hydrogens (tertiary/aromatic N) is 1. The quantitative estimate of drug-likeness (QED) is 0.775. The zero-order chi connectivity index (χ0) is 14.8. The molecule has 2 N–H and O–H groups in total. The first-order valence-corrected chi connectivity index (χ1v) is 7.72. The van der Waals surface area contributed by atoms with Crippen molar-refractivity contribution in [1.29, 1.82) is 0 Å². The van der Waals surface area contributed by atoms with Crippen LogP contribution in [0.15, 0.2) is 0 Å². The second kappa shape index (κ2) is 6.12. The minimum absolute atomic E-state index is 0.0463. The number of rotatable bonds is 5. The fourth-order valence-electron chi connectivity index (χ4n) is 3.17. The van der Waals surface area contributed by atoms with Crippen LogP contribution in [-0.2, 0) is 14.3 Å². The molecule has 2 fully saturated rings. The van der Waals surface area contributed by atoms with E-state index in [2.05, 4.69) is 6.92 Å². The summed E-state index contributed by atoms with van der Waals surface area (Å²) in [7, 11) is 0. The maximum atomic E-state index is 12.8. The lowest BCUT2D eigenvalue weighted by Crippen LogP contribution is -2.58. The van der Waals surface area contributed by atoms with Gasteiger partial charge in [-0.25, -0.2) is 0 Å². The van der Waals surface area contributed by atoms with Gasteiger partial charge in [0.05, 0.1) is 12.1 Å². The summed E-state index contributed by atoms with van der Waals surface area (Å²) < 4.78 is 4.97. The Kier molecular flexibility index (Phi) is 4.68. The minimum Gasteiger partial charge on any atom is -0.465 e. The predicted octanol–water partition coefficient (Wildman–Crippen LogP) is 1.45. The van der Waals surface area contributed by atoms with Gasteiger partial charge in [0, 0.05) is 6.04 Å². The van der Waals surface area contributed by atoms with Gasteiger partial charge in [0.15, 0.2) is 0 Å². The Hall–Kier alpha value is -1.10. The second-order valence-corrected chi connectivity index (χ2v) is 6.33. The maximum absolute atomic E-state index is 12.8. The molecule has 2 saturated carbocycles. The fourth-order valence-corrected chi connectivity index (χ4v) is 3.17. The average molecular weight is 282 g/mol. The molecule has 2 aliphatic rings. The van der Waals surface area contributed by atoms with E-state index in [1.165, 1.54) is 0 Å². The lowest BCUT2D eigenvalue weighted by atomic mass is 9.76. The lowest BCUT2D eigenvalue weighted by Gasteiger charge is -2.39. The van der Waals surface area contributed by atoms with Crippen molar-refractivity contribution in [3.05, 3.63) is 0 Å². The van der Waals surface area contributed by atoms with Crippen LogP contribution in [0.4, 0.5) is 0 Å². The van der Waals surface area contributed by atoms with E-state index in [1.807, 2.05) is 0 Å². The molecule has 1 amide bonds. The van der Waals surface area contributed by atoms with Crippen LogP contribution >= 0.6 is 0 Å². The molecule has 0 bridgehead atoms. The molecule has 0 heterocycles. The van der Waals surface area contributed by atoms with Crippen molar-refractivity contribution in [2.24, 2.45) is 11.7 Å². The molecular formula is C15H26N2O3. The SMILES string of the molecule is CCOC(=O)CN(C(=O)C1(N)CCCC(C)C1)C1CC1. The van der Waals surface area contributed by atoms with Gasteiger partial charge in [-0.2, -0.15) is 0 Å². The van der Waals surface area contributed by atoms with Crippen molar-refractivity contribution in [3.63, 3.8) is 0 Å². The predicted molar refractivity (Wildman–Crippen MR) is 75.9 cm³/mol. The molecule has 2 rings (SSSR count). The van der Waals surface area contributed by atoms with Crippen LogP contribution in [0.3, 0.4) is 0 Å². The summed E-state index contributed by atoms with van der Waals surface area (Å²) in [6, 6.07) is 0.185. The van der Waals surface area contributed by atoms with Gasteiger partial charge in [-0.3, -0.25) is 9.59 Å². The lowest BCUT2D eigenvalue weighted by molar-refractivity contribution is -0.152. The van der Waals surface area contributed by atoms with Gasteiger partial charge in [0.25, 0.3) is 0 Å². The molecule has 114 valence electrons. The summed E-state index contributed by atoms with van der Waals surface area (Å²) in [4.78, 5) is 26.1. The Bertz CT molecular complexity index is 381. The highest BCUT2D eigenvalue weighted by atomic mass is 16.5. The summed E-state index contributed by atoms with van der Waals surface area (Å²) in [5.74, 6) is 0.0844. The Balaban J connectivity index is 2.04. The first-order chi connectivity index (χ1) is 9.46. The Morgan fingerprint density at radius 3 is 2.60 bits per heavy atom. The van der Waals surface area contributed by atoms with Crippen LogP contribution in [0.25, 0.3) is 0 Å². The van der Waals surface area contributed by atoms with E-state index in [1.54, 1.807) is 11.8 Å². The van der Waals surface area contributed by atoms with E-state index in [9.17, 15) is 9.59 Å². The summed E-state index contributed by atoms with van der Waals surface area (Å²) in [6.45, 7) is 4.30. The van der Waals surface area contributed by atoms with Crippen LogP contribution < -0.4 is 5.73 Å². The van der Waals surface area contributed by atoms with Gasteiger partial charge >= 0.3 is 5.97 Å². The molecule has 0 spiro atoms. The molecule has 20 heavy (non-hydrogen) atoms. The third kappa shape index (κ3) is 3.51. The summed E-state index contributed by atoms with van der Waals surface area (Å²) in [5.41, 5.74) is 5.58. The number of hydrogen-bond acceptors (Lipinski definition) is 4. The molecule has 0 aromatic heterocycles. The van der Waals surface area contributed by atoms with E-state index in [0.29, 0.717) is 12.5 Å². The number of carbonyl (C=O) groups is 2. The zero-order valence-corrected chi connectivity index (χ0v) is 12.6. The topological polar surface area (TPSA) is 72.6 Å². The molecular weight excluding hydrogens is 256 g/mol. The monoisotopic (exact) mass is 282 g/mol. The average Bonchev–Trinajstić information content (AvgIpc) is 3.19. The molecule has 5 nitrogen and oxygen atoms in total. The van der Waals surface area contributed by atoms with Crippen molar-refractivity contribution in [1.82, 2.24) is 4.90 Å². The largest absolute Gasteiger partial charge is 0.465 e. The standard InChI is InChI=1S/C15H26N2O3/c1-3-20-13(18)10-17(12-6-7-12)14(19)15(16)8-4-5-11(2)9-15/h11-12H,3-10,16H2,1-2H3. The third-order valence-corrected chi connectivity index (χ3v) is 4.31. The summed E-state index contributed by atoms with van der Waals surface area (Å²) in [5, 5.41) is 0. The zero-order valence-electron chi connectivity index (χ0n) is 12.6. The van der Waals surface area contributed by atoms with E-state index in [0.717, 1.165) is 38.5 Å². The van der Waals surface area contributed by atoms with E-state index in [4.69, 9.17) is 10.5 Å². The van der Waals surface area contributed by atoms with Crippen molar-refractivity contribution in [2.75, 3.05) is 13.2 Å². The number of carbonyl (C=O) groups excluding carboxylic acids is 2. The molecule has 2 atom stereocenters. The molecule has 2 unspecified atom stereocenters. The third-order valence-electron chi connectivity index (χ3n) is 4.31. The number of esters is 1. The van der Waals surface area contributed by atoms with E-state index in [-0.39, 0.29) is 24.5 Å².